The lowest BCUT2D eigenvalue weighted by Gasteiger charge is -2.26. The van der Waals surface area contributed by atoms with Crippen molar-refractivity contribution in [2.24, 2.45) is 0 Å². The van der Waals surface area contributed by atoms with Gasteiger partial charge in [0.05, 0.1) is 0 Å². The molecule has 6 heteroatoms. The average Bonchev–Trinajstić information content (AvgIpc) is 0.794. The van der Waals surface area contributed by atoms with Crippen LogP contribution in [0.25, 0.3) is 66.8 Å². The summed E-state index contributed by atoms with van der Waals surface area (Å²) in [5.41, 5.74) is 36.7. The first-order valence-electron chi connectivity index (χ1n) is 42.1. The highest BCUT2D eigenvalue weighted by atomic mass is 15.2. The number of hydrogen-bond acceptors (Lipinski definition) is 6. The fraction of sp³-hybridized carbons (Fsp3) is 0.0256. The molecule has 0 aliphatic rings. The second kappa shape index (κ2) is 35.3. The largest absolute Gasteiger partial charge is 0.311 e. The number of anilines is 18. The zero-order valence-corrected chi connectivity index (χ0v) is 68.9. The Morgan fingerprint density at radius 2 is 0.220 bits per heavy atom. The Balaban J connectivity index is 0.641. The molecular formula is C117H90N6. The monoisotopic (exact) mass is 1580 g/mol. The summed E-state index contributed by atoms with van der Waals surface area (Å²) in [5.74, 6) is 0. The smallest absolute Gasteiger partial charge is 0.0464 e. The van der Waals surface area contributed by atoms with Crippen LogP contribution in [0.4, 0.5) is 102 Å². The van der Waals surface area contributed by atoms with E-state index in [9.17, 15) is 0 Å². The lowest BCUT2D eigenvalue weighted by Crippen LogP contribution is -2.10. The number of nitrogens with zero attached hydrogens (tertiary/aromatic N) is 6. The van der Waals surface area contributed by atoms with E-state index < -0.39 is 0 Å². The van der Waals surface area contributed by atoms with Crippen molar-refractivity contribution in [3.05, 3.63) is 508 Å². The predicted octanol–water partition coefficient (Wildman–Crippen LogP) is 33.4. The van der Waals surface area contributed by atoms with Crippen LogP contribution in [0.1, 0.15) is 16.7 Å². The summed E-state index contributed by atoms with van der Waals surface area (Å²) < 4.78 is 0. The second-order valence-corrected chi connectivity index (χ2v) is 31.3. The molecule has 0 spiro atoms. The van der Waals surface area contributed by atoms with Crippen LogP contribution in [0.15, 0.2) is 491 Å². The van der Waals surface area contributed by atoms with Crippen LogP contribution in [0.2, 0.25) is 0 Å². The van der Waals surface area contributed by atoms with Crippen molar-refractivity contribution in [2.45, 2.75) is 20.8 Å². The third-order valence-corrected chi connectivity index (χ3v) is 22.9. The van der Waals surface area contributed by atoms with Crippen LogP contribution >= 0.6 is 0 Å². The molecule has 0 unspecified atom stereocenters. The van der Waals surface area contributed by atoms with Crippen molar-refractivity contribution in [2.75, 3.05) is 29.4 Å². The van der Waals surface area contributed by atoms with Gasteiger partial charge in [-0.2, -0.15) is 0 Å². The first-order chi connectivity index (χ1) is 60.7. The molecule has 0 atom stereocenters. The Labute approximate surface area is 722 Å². The van der Waals surface area contributed by atoms with E-state index in [1.807, 2.05) is 0 Å². The fourth-order valence-corrected chi connectivity index (χ4v) is 16.8. The molecule has 123 heavy (non-hydrogen) atoms. The fourth-order valence-electron chi connectivity index (χ4n) is 16.8. The molecule has 0 saturated carbocycles. The maximum atomic E-state index is 2.35. The Morgan fingerprint density at radius 1 is 0.0976 bits per heavy atom. The highest BCUT2D eigenvalue weighted by Crippen LogP contribution is 2.46. The van der Waals surface area contributed by atoms with Gasteiger partial charge in [0.2, 0.25) is 0 Å². The molecule has 0 bridgehead atoms. The normalized spacial score (nSPS) is 11.0. The summed E-state index contributed by atoms with van der Waals surface area (Å²) in [4.78, 5) is 14.0. The predicted molar refractivity (Wildman–Crippen MR) is 521 cm³/mol. The van der Waals surface area contributed by atoms with E-state index in [4.69, 9.17) is 0 Å². The molecule has 19 aromatic rings. The topological polar surface area (TPSA) is 19.4 Å². The molecule has 0 aliphatic heterocycles. The van der Waals surface area contributed by atoms with E-state index in [0.717, 1.165) is 169 Å². The SMILES string of the molecule is Cc1cccc(N(c2ccccc2)c2ccc(-c3ccc(N(c4ccccc4)c4ccc(-c5cc(-c6ccc(N(c7ccccc7)c7ccc(-c8ccc(N(c9ccccc9)c9cccc(C)c9)cc8)cc7)cc6)cc(-c6ccc(N(c7ccccc7)c7ccc(-c8ccc(N(c9ccccc9)c9cccc(C)c9)cc8)cc7)cc6)c5)cc4)cc3)cc2)c1. The van der Waals surface area contributed by atoms with Gasteiger partial charge in [0.1, 0.15) is 0 Å². The van der Waals surface area contributed by atoms with Crippen LogP contribution in [0, 0.1) is 20.8 Å². The molecule has 588 valence electrons. The minimum absolute atomic E-state index is 1.05. The van der Waals surface area contributed by atoms with E-state index in [-0.39, 0.29) is 0 Å². The third kappa shape index (κ3) is 17.0. The number of rotatable bonds is 24. The Bertz CT molecular complexity index is 6070. The van der Waals surface area contributed by atoms with Crippen molar-refractivity contribution in [3.8, 4) is 66.8 Å². The zero-order chi connectivity index (χ0) is 82.8. The number of hydrogen-bond donors (Lipinski definition) is 0. The number of benzene rings is 19. The highest BCUT2D eigenvalue weighted by Gasteiger charge is 2.22. The van der Waals surface area contributed by atoms with E-state index in [1.165, 1.54) is 16.7 Å². The summed E-state index contributed by atoms with van der Waals surface area (Å²) in [6.07, 6.45) is 0. The molecule has 19 rings (SSSR count). The standard InChI is InChI=1S/C117H90N6/c1-85-25-22-40-115(79-85)121(103-34-16-7-17-35-103)112-67-49-91(50-68-112)88-43-61-106(62-44-88)118(100-28-10-4-11-29-100)109-73-55-94(56-74-109)97-82-98(95-57-75-110(76-58-95)119(101-30-12-5-13-31-101)107-63-45-89(46-64-107)92-51-69-113(70-52-92)122(104-36-18-8-19-37-104)116-41-23-26-86(2)80-116)84-99(83-97)96-59-77-111(78-60-96)120(102-32-14-6-15-33-102)108-65-47-90(48-66-108)93-53-71-114(72-54-93)123(105-38-20-9-21-39-105)117-42-24-27-87(3)81-117/h4-84H,1-3H3. The molecule has 0 heterocycles. The van der Waals surface area contributed by atoms with Gasteiger partial charge in [0.15, 0.2) is 0 Å². The maximum Gasteiger partial charge on any atom is 0.0464 e. The molecule has 0 aliphatic carbocycles. The van der Waals surface area contributed by atoms with E-state index in [2.05, 4.69) is 542 Å². The average molecular weight is 1580 g/mol. The van der Waals surface area contributed by atoms with Gasteiger partial charge in [0, 0.05) is 102 Å². The Morgan fingerprint density at radius 3 is 0.366 bits per heavy atom. The molecule has 19 aromatic carbocycles. The second-order valence-electron chi connectivity index (χ2n) is 31.3. The molecule has 6 nitrogen and oxygen atoms in total. The van der Waals surface area contributed by atoms with Crippen molar-refractivity contribution in [3.63, 3.8) is 0 Å². The Hall–Kier alpha value is -16.0. The van der Waals surface area contributed by atoms with Crippen molar-refractivity contribution < 1.29 is 0 Å². The van der Waals surface area contributed by atoms with Crippen LogP contribution in [-0.2, 0) is 0 Å². The van der Waals surface area contributed by atoms with Gasteiger partial charge in [-0.15, -0.1) is 0 Å². The number of para-hydroxylation sites is 6. The van der Waals surface area contributed by atoms with Crippen molar-refractivity contribution in [1.29, 1.82) is 0 Å². The zero-order valence-electron chi connectivity index (χ0n) is 68.9. The molecule has 0 N–H and O–H groups in total. The van der Waals surface area contributed by atoms with Crippen LogP contribution in [-0.4, -0.2) is 0 Å². The first kappa shape index (κ1) is 76.9. The molecule has 0 amide bonds. The van der Waals surface area contributed by atoms with E-state index in [0.29, 0.717) is 0 Å². The quantitative estimate of drug-likeness (QED) is 0.0596. The minimum atomic E-state index is 1.05. The summed E-state index contributed by atoms with van der Waals surface area (Å²) in [7, 11) is 0. The summed E-state index contributed by atoms with van der Waals surface area (Å²) in [6.45, 7) is 6.44. The number of aryl methyl sites for hydroxylation is 3. The minimum Gasteiger partial charge on any atom is -0.311 e. The lowest BCUT2D eigenvalue weighted by atomic mass is 9.93. The van der Waals surface area contributed by atoms with Crippen LogP contribution in [0.5, 0.6) is 0 Å². The lowest BCUT2D eigenvalue weighted by molar-refractivity contribution is 1.27. The van der Waals surface area contributed by atoms with Crippen molar-refractivity contribution in [1.82, 2.24) is 0 Å². The molecule has 0 radical (unpaired) electrons. The summed E-state index contributed by atoms with van der Waals surface area (Å²) in [5, 5.41) is 0. The molecule has 0 fully saturated rings. The van der Waals surface area contributed by atoms with E-state index in [1.54, 1.807) is 0 Å². The van der Waals surface area contributed by atoms with Gasteiger partial charge in [-0.25, -0.2) is 0 Å². The van der Waals surface area contributed by atoms with Crippen LogP contribution in [0.3, 0.4) is 0 Å². The van der Waals surface area contributed by atoms with Gasteiger partial charge in [-0.1, -0.05) is 255 Å². The van der Waals surface area contributed by atoms with Gasteiger partial charge in [-0.05, 0) is 341 Å². The van der Waals surface area contributed by atoms with Crippen molar-refractivity contribution >= 4 is 102 Å². The first-order valence-corrected chi connectivity index (χ1v) is 42.1. The van der Waals surface area contributed by atoms with Crippen LogP contribution < -0.4 is 29.4 Å². The highest BCUT2D eigenvalue weighted by molar-refractivity contribution is 5.90. The molecular weight excluding hydrogens is 1490 g/mol. The maximum absolute atomic E-state index is 2.35. The molecule has 0 aromatic heterocycles. The Kier molecular flexibility index (Phi) is 22.1. The van der Waals surface area contributed by atoms with Gasteiger partial charge >= 0.3 is 0 Å². The third-order valence-electron chi connectivity index (χ3n) is 22.9. The van der Waals surface area contributed by atoms with Gasteiger partial charge < -0.3 is 29.4 Å². The summed E-state index contributed by atoms with van der Waals surface area (Å²) >= 11 is 0. The van der Waals surface area contributed by atoms with Gasteiger partial charge in [0.25, 0.3) is 0 Å². The summed E-state index contributed by atoms with van der Waals surface area (Å²) in [6, 6.07) is 178. The molecule has 0 saturated heterocycles. The van der Waals surface area contributed by atoms with Gasteiger partial charge in [-0.3, -0.25) is 0 Å². The van der Waals surface area contributed by atoms with E-state index >= 15 is 0 Å².